The third kappa shape index (κ3) is 4.30. The highest BCUT2D eigenvalue weighted by molar-refractivity contribution is 6.31. The number of hydrogen-bond donors (Lipinski definition) is 1. The van der Waals surface area contributed by atoms with Crippen molar-refractivity contribution in [3.8, 4) is 0 Å². The molecule has 4 nitrogen and oxygen atoms in total. The van der Waals surface area contributed by atoms with Crippen LogP contribution in [0.5, 0.6) is 0 Å². The summed E-state index contributed by atoms with van der Waals surface area (Å²) >= 11 is 5.73. The zero-order chi connectivity index (χ0) is 17.8. The molecule has 0 bridgehead atoms. The van der Waals surface area contributed by atoms with E-state index in [1.54, 1.807) is 19.2 Å². The maximum Gasteiger partial charge on any atom is 0.255 e. The molecule has 6 heteroatoms. The van der Waals surface area contributed by atoms with Gasteiger partial charge in [-0.3, -0.25) is 4.79 Å². The molecule has 132 valence electrons. The van der Waals surface area contributed by atoms with Crippen LogP contribution in [-0.4, -0.2) is 32.2 Å². The Morgan fingerprint density at radius 3 is 2.48 bits per heavy atom. The average Bonchev–Trinajstić information content (AvgIpc) is 2.65. The number of methoxy groups -OCH3 is 1. The fraction of sp³-hybridized carbons (Fsp3) is 0.316. The van der Waals surface area contributed by atoms with Crippen molar-refractivity contribution >= 4 is 28.9 Å². The van der Waals surface area contributed by atoms with Crippen molar-refractivity contribution in [2.45, 2.75) is 18.9 Å². The second-order valence-electron chi connectivity index (χ2n) is 6.05. The lowest BCUT2D eigenvalue weighted by atomic mass is 10.1. The van der Waals surface area contributed by atoms with E-state index in [4.69, 9.17) is 16.3 Å². The van der Waals surface area contributed by atoms with E-state index in [1.165, 1.54) is 18.2 Å². The monoisotopic (exact) mass is 362 g/mol. The number of carbonyl (C=O) groups is 1. The lowest BCUT2D eigenvalue weighted by Gasteiger charge is -2.33. The van der Waals surface area contributed by atoms with Crippen molar-refractivity contribution in [3.05, 3.63) is 58.9 Å². The molecule has 0 aromatic heterocycles. The first kappa shape index (κ1) is 17.7. The van der Waals surface area contributed by atoms with E-state index in [0.717, 1.165) is 31.6 Å². The number of nitrogens with one attached hydrogen (secondary N) is 1. The van der Waals surface area contributed by atoms with Gasteiger partial charge in [-0.25, -0.2) is 4.39 Å². The number of ether oxygens (including phenoxy) is 1. The summed E-state index contributed by atoms with van der Waals surface area (Å²) in [6.07, 6.45) is 2.34. The van der Waals surface area contributed by atoms with Crippen LogP contribution in [0.3, 0.4) is 0 Å². The van der Waals surface area contributed by atoms with Crippen molar-refractivity contribution in [2.24, 2.45) is 0 Å². The Hall–Kier alpha value is -2.11. The third-order valence-corrected chi connectivity index (χ3v) is 4.74. The van der Waals surface area contributed by atoms with Crippen LogP contribution in [0.2, 0.25) is 5.02 Å². The van der Waals surface area contributed by atoms with Crippen LogP contribution in [0.1, 0.15) is 23.2 Å². The molecule has 1 amide bonds. The minimum absolute atomic E-state index is 0.0207. The maximum atomic E-state index is 13.2. The van der Waals surface area contributed by atoms with Gasteiger partial charge in [-0.15, -0.1) is 0 Å². The second kappa shape index (κ2) is 7.85. The highest BCUT2D eigenvalue weighted by Crippen LogP contribution is 2.23. The highest BCUT2D eigenvalue weighted by Gasteiger charge is 2.19. The quantitative estimate of drug-likeness (QED) is 0.879. The van der Waals surface area contributed by atoms with Crippen molar-refractivity contribution in [2.75, 3.05) is 30.4 Å². The predicted molar refractivity (Wildman–Crippen MR) is 98.0 cm³/mol. The Balaban J connectivity index is 1.63. The molecule has 25 heavy (non-hydrogen) atoms. The summed E-state index contributed by atoms with van der Waals surface area (Å²) in [6.45, 7) is 1.89. The van der Waals surface area contributed by atoms with Crippen molar-refractivity contribution in [1.29, 1.82) is 0 Å². The molecule has 1 N–H and O–H groups in total. The molecule has 1 heterocycles. The molecular weight excluding hydrogens is 343 g/mol. The maximum absolute atomic E-state index is 13.2. The summed E-state index contributed by atoms with van der Waals surface area (Å²) in [6, 6.07) is 11.6. The van der Waals surface area contributed by atoms with Crippen molar-refractivity contribution in [1.82, 2.24) is 0 Å². The molecule has 0 aliphatic carbocycles. The van der Waals surface area contributed by atoms with Gasteiger partial charge >= 0.3 is 0 Å². The number of hydrogen-bond acceptors (Lipinski definition) is 3. The van der Waals surface area contributed by atoms with Gasteiger partial charge in [-0.05, 0) is 55.3 Å². The van der Waals surface area contributed by atoms with Crippen LogP contribution < -0.4 is 10.2 Å². The van der Waals surface area contributed by atoms with Gasteiger partial charge in [0.05, 0.1) is 11.1 Å². The third-order valence-electron chi connectivity index (χ3n) is 4.45. The first-order valence-corrected chi connectivity index (χ1v) is 8.59. The summed E-state index contributed by atoms with van der Waals surface area (Å²) in [7, 11) is 1.75. The molecule has 1 aliphatic heterocycles. The van der Waals surface area contributed by atoms with Crippen molar-refractivity contribution < 1.29 is 13.9 Å². The first-order chi connectivity index (χ1) is 12.1. The first-order valence-electron chi connectivity index (χ1n) is 8.21. The molecule has 1 aliphatic rings. The van der Waals surface area contributed by atoms with Gasteiger partial charge in [0.25, 0.3) is 5.91 Å². The minimum atomic E-state index is -0.513. The van der Waals surface area contributed by atoms with E-state index in [-0.39, 0.29) is 10.9 Å². The molecule has 2 aromatic rings. The van der Waals surface area contributed by atoms with Gasteiger partial charge in [-0.1, -0.05) is 11.6 Å². The molecule has 2 aromatic carbocycles. The second-order valence-corrected chi connectivity index (χ2v) is 6.46. The fourth-order valence-corrected chi connectivity index (χ4v) is 3.13. The van der Waals surface area contributed by atoms with Crippen molar-refractivity contribution in [3.63, 3.8) is 0 Å². The summed E-state index contributed by atoms with van der Waals surface area (Å²) in [5.74, 6) is -0.770. The van der Waals surface area contributed by atoms with Gasteiger partial charge in [0, 0.05) is 37.1 Å². The summed E-state index contributed by atoms with van der Waals surface area (Å²) in [5.41, 5.74) is 2.09. The summed E-state index contributed by atoms with van der Waals surface area (Å²) in [5, 5.41) is 2.70. The number of amides is 1. The van der Waals surface area contributed by atoms with E-state index in [0.29, 0.717) is 17.4 Å². The minimum Gasteiger partial charge on any atom is -0.381 e. The van der Waals surface area contributed by atoms with Crippen LogP contribution in [0, 0.1) is 5.82 Å². The SMILES string of the molecule is COC1CCN(c2ccc(C(=O)Nc3ccc(F)c(Cl)c3)cc2)CC1. The smallest absolute Gasteiger partial charge is 0.255 e. The molecule has 0 atom stereocenters. The van der Waals surface area contributed by atoms with Gasteiger partial charge in [-0.2, -0.15) is 0 Å². The lowest BCUT2D eigenvalue weighted by molar-refractivity contribution is 0.0819. The Bertz CT molecular complexity index is 744. The van der Waals surface area contributed by atoms with Crippen LogP contribution in [0.4, 0.5) is 15.8 Å². The number of piperidine rings is 1. The molecule has 3 rings (SSSR count). The fourth-order valence-electron chi connectivity index (χ4n) is 2.95. The zero-order valence-electron chi connectivity index (χ0n) is 14.0. The molecule has 1 saturated heterocycles. The standard InChI is InChI=1S/C19H20ClFN2O2/c1-25-16-8-10-23(11-9-16)15-5-2-13(3-6-15)19(24)22-14-4-7-18(21)17(20)12-14/h2-7,12,16H,8-11H2,1H3,(H,22,24). The number of benzene rings is 2. The van der Waals surface area contributed by atoms with E-state index >= 15 is 0 Å². The van der Waals surface area contributed by atoms with Crippen LogP contribution in [0.15, 0.2) is 42.5 Å². The number of carbonyl (C=O) groups excluding carboxylic acids is 1. The Morgan fingerprint density at radius 1 is 1.20 bits per heavy atom. The van der Waals surface area contributed by atoms with E-state index in [2.05, 4.69) is 10.2 Å². The summed E-state index contributed by atoms with van der Waals surface area (Å²) < 4.78 is 18.6. The Morgan fingerprint density at radius 2 is 1.88 bits per heavy atom. The van der Waals surface area contributed by atoms with E-state index < -0.39 is 5.82 Å². The van der Waals surface area contributed by atoms with Gasteiger partial charge in [0.15, 0.2) is 0 Å². The average molecular weight is 363 g/mol. The van der Waals surface area contributed by atoms with Crippen LogP contribution in [0.25, 0.3) is 0 Å². The zero-order valence-corrected chi connectivity index (χ0v) is 14.7. The van der Waals surface area contributed by atoms with Gasteiger partial charge < -0.3 is 15.0 Å². The molecule has 0 radical (unpaired) electrons. The predicted octanol–water partition coefficient (Wildman–Crippen LogP) is 4.35. The Kier molecular flexibility index (Phi) is 5.56. The molecule has 1 fully saturated rings. The number of halogens is 2. The normalized spacial score (nSPS) is 15.2. The molecule has 0 spiro atoms. The lowest BCUT2D eigenvalue weighted by Crippen LogP contribution is -2.36. The largest absolute Gasteiger partial charge is 0.381 e. The van der Waals surface area contributed by atoms with Gasteiger partial charge in [0.1, 0.15) is 5.82 Å². The van der Waals surface area contributed by atoms with Gasteiger partial charge in [0.2, 0.25) is 0 Å². The number of anilines is 2. The van der Waals surface area contributed by atoms with Crippen LogP contribution in [-0.2, 0) is 4.74 Å². The van der Waals surface area contributed by atoms with E-state index in [1.807, 2.05) is 12.1 Å². The van der Waals surface area contributed by atoms with Crippen LogP contribution >= 0.6 is 11.6 Å². The number of rotatable bonds is 4. The topological polar surface area (TPSA) is 41.6 Å². The molecule has 0 unspecified atom stereocenters. The molecule has 0 saturated carbocycles. The number of nitrogens with zero attached hydrogens (tertiary/aromatic N) is 1. The summed E-state index contributed by atoms with van der Waals surface area (Å²) in [4.78, 5) is 14.6. The van der Waals surface area contributed by atoms with E-state index in [9.17, 15) is 9.18 Å². The molecular formula is C19H20ClFN2O2. The highest BCUT2D eigenvalue weighted by atomic mass is 35.5. The Labute approximate surface area is 151 Å².